The number of amides is 1. The lowest BCUT2D eigenvalue weighted by atomic mass is 10.0. The summed E-state index contributed by atoms with van der Waals surface area (Å²) in [5.74, 6) is 0.455. The molecule has 1 aromatic heterocycles. The fourth-order valence-electron chi connectivity index (χ4n) is 2.52. The smallest absolute Gasteiger partial charge is 0.247 e. The zero-order valence-corrected chi connectivity index (χ0v) is 12.7. The number of methoxy groups -OCH3 is 1. The van der Waals surface area contributed by atoms with E-state index in [1.807, 2.05) is 48.5 Å². The van der Waals surface area contributed by atoms with Gasteiger partial charge in [0.1, 0.15) is 5.75 Å². The third-order valence-electron chi connectivity index (χ3n) is 3.61. The number of benzene rings is 2. The monoisotopic (exact) mass is 304 g/mol. The van der Waals surface area contributed by atoms with Gasteiger partial charge in [-0.1, -0.05) is 43.0 Å². The highest BCUT2D eigenvalue weighted by Gasteiger charge is 2.15. The molecule has 0 aliphatic carbocycles. The van der Waals surface area contributed by atoms with Crippen LogP contribution in [-0.2, 0) is 4.79 Å². The molecule has 4 nitrogen and oxygen atoms in total. The van der Waals surface area contributed by atoms with Crippen molar-refractivity contribution in [2.45, 2.75) is 0 Å². The first-order valence-corrected chi connectivity index (χ1v) is 7.19. The van der Waals surface area contributed by atoms with Crippen molar-refractivity contribution in [3.05, 3.63) is 67.4 Å². The van der Waals surface area contributed by atoms with Gasteiger partial charge in [-0.15, -0.1) is 0 Å². The second-order valence-corrected chi connectivity index (χ2v) is 4.96. The Morgan fingerprint density at radius 3 is 2.65 bits per heavy atom. The van der Waals surface area contributed by atoms with Crippen molar-refractivity contribution >= 4 is 22.5 Å². The fraction of sp³-hybridized carbons (Fsp3) is 0.0526. The maximum Gasteiger partial charge on any atom is 0.247 e. The number of hydrogen-bond donors (Lipinski definition) is 1. The van der Waals surface area contributed by atoms with Crippen molar-refractivity contribution in [2.24, 2.45) is 0 Å². The van der Waals surface area contributed by atoms with Crippen LogP contribution in [0.4, 0.5) is 5.69 Å². The largest absolute Gasteiger partial charge is 0.496 e. The standard InChI is InChI=1S/C19H16N2O2/c1-3-18(22)21-19-14-9-4-6-10-16(14)20-12-15(19)13-8-5-7-11-17(13)23-2/h3-12H,1H2,2H3,(H,20,21,22). The van der Waals surface area contributed by atoms with Crippen molar-refractivity contribution < 1.29 is 9.53 Å². The van der Waals surface area contributed by atoms with E-state index in [9.17, 15) is 4.79 Å². The second kappa shape index (κ2) is 6.32. The van der Waals surface area contributed by atoms with E-state index in [-0.39, 0.29) is 5.91 Å². The van der Waals surface area contributed by atoms with Crippen LogP contribution in [0, 0.1) is 0 Å². The lowest BCUT2D eigenvalue weighted by Crippen LogP contribution is -2.09. The minimum Gasteiger partial charge on any atom is -0.496 e. The normalized spacial score (nSPS) is 10.3. The first kappa shape index (κ1) is 14.8. The molecule has 4 heteroatoms. The molecule has 114 valence electrons. The van der Waals surface area contributed by atoms with E-state index >= 15 is 0 Å². The van der Waals surface area contributed by atoms with Crippen LogP contribution in [0.25, 0.3) is 22.0 Å². The Hall–Kier alpha value is -3.14. The molecule has 0 aliphatic rings. The Bertz CT molecular complexity index is 887. The van der Waals surface area contributed by atoms with Gasteiger partial charge < -0.3 is 10.1 Å². The summed E-state index contributed by atoms with van der Waals surface area (Å²) >= 11 is 0. The van der Waals surface area contributed by atoms with Crippen LogP contribution in [0.3, 0.4) is 0 Å². The molecule has 0 unspecified atom stereocenters. The van der Waals surface area contributed by atoms with Gasteiger partial charge in [0, 0.05) is 22.7 Å². The van der Waals surface area contributed by atoms with E-state index in [4.69, 9.17) is 4.74 Å². The van der Waals surface area contributed by atoms with Crippen molar-refractivity contribution in [3.8, 4) is 16.9 Å². The van der Waals surface area contributed by atoms with E-state index < -0.39 is 0 Å². The molecule has 1 amide bonds. The molecule has 23 heavy (non-hydrogen) atoms. The lowest BCUT2D eigenvalue weighted by molar-refractivity contribution is -0.111. The average molecular weight is 304 g/mol. The third kappa shape index (κ3) is 2.79. The van der Waals surface area contributed by atoms with Crippen molar-refractivity contribution in [1.29, 1.82) is 0 Å². The van der Waals surface area contributed by atoms with E-state index in [1.54, 1.807) is 13.3 Å². The maximum atomic E-state index is 11.9. The van der Waals surface area contributed by atoms with Crippen molar-refractivity contribution in [1.82, 2.24) is 4.98 Å². The maximum absolute atomic E-state index is 11.9. The highest BCUT2D eigenvalue weighted by atomic mass is 16.5. The van der Waals surface area contributed by atoms with E-state index in [1.165, 1.54) is 6.08 Å². The molecule has 0 aliphatic heterocycles. The van der Waals surface area contributed by atoms with Gasteiger partial charge in [-0.05, 0) is 18.2 Å². The Kier molecular flexibility index (Phi) is 4.06. The molecule has 3 aromatic rings. The lowest BCUT2D eigenvalue weighted by Gasteiger charge is -2.15. The predicted octanol–water partition coefficient (Wildman–Crippen LogP) is 4.03. The van der Waals surface area contributed by atoms with Gasteiger partial charge in [0.05, 0.1) is 18.3 Å². The average Bonchev–Trinajstić information content (AvgIpc) is 2.62. The summed E-state index contributed by atoms with van der Waals surface area (Å²) in [7, 11) is 1.62. The first-order valence-electron chi connectivity index (χ1n) is 7.19. The number of nitrogens with one attached hydrogen (secondary N) is 1. The molecule has 0 spiro atoms. The SMILES string of the molecule is C=CC(=O)Nc1c(-c2ccccc2OC)cnc2ccccc12. The minimum absolute atomic E-state index is 0.266. The van der Waals surface area contributed by atoms with Crippen LogP contribution in [0.5, 0.6) is 5.75 Å². The van der Waals surface area contributed by atoms with Crippen LogP contribution < -0.4 is 10.1 Å². The number of carbonyl (C=O) groups is 1. The number of ether oxygens (including phenoxy) is 1. The van der Waals surface area contributed by atoms with E-state index in [2.05, 4.69) is 16.9 Å². The van der Waals surface area contributed by atoms with Gasteiger partial charge in [0.2, 0.25) is 5.91 Å². The molecule has 0 fully saturated rings. The zero-order valence-electron chi connectivity index (χ0n) is 12.7. The van der Waals surface area contributed by atoms with Gasteiger partial charge in [-0.3, -0.25) is 9.78 Å². The number of fused-ring (bicyclic) bond motifs is 1. The van der Waals surface area contributed by atoms with Gasteiger partial charge in [-0.2, -0.15) is 0 Å². The zero-order chi connectivity index (χ0) is 16.2. The number of hydrogen-bond acceptors (Lipinski definition) is 3. The minimum atomic E-state index is -0.266. The summed E-state index contributed by atoms with van der Waals surface area (Å²) in [6.45, 7) is 3.52. The summed E-state index contributed by atoms with van der Waals surface area (Å²) in [5.41, 5.74) is 3.18. The predicted molar refractivity (Wildman–Crippen MR) is 92.6 cm³/mol. The molecule has 0 saturated carbocycles. The van der Waals surface area contributed by atoms with Crippen molar-refractivity contribution in [2.75, 3.05) is 12.4 Å². The number of nitrogens with zero attached hydrogens (tertiary/aromatic N) is 1. The van der Waals surface area contributed by atoms with Gasteiger partial charge in [-0.25, -0.2) is 0 Å². The van der Waals surface area contributed by atoms with E-state index in [0.717, 1.165) is 27.8 Å². The number of anilines is 1. The Balaban J connectivity index is 2.29. The molecule has 0 saturated heterocycles. The summed E-state index contributed by atoms with van der Waals surface area (Å²) in [4.78, 5) is 16.4. The quantitative estimate of drug-likeness (QED) is 0.740. The highest BCUT2D eigenvalue weighted by Crippen LogP contribution is 2.38. The molecular weight excluding hydrogens is 288 g/mol. The second-order valence-electron chi connectivity index (χ2n) is 4.96. The Labute approximate surface area is 134 Å². The van der Waals surface area contributed by atoms with Crippen LogP contribution in [0.15, 0.2) is 67.4 Å². The van der Waals surface area contributed by atoms with Crippen LogP contribution in [0.2, 0.25) is 0 Å². The van der Waals surface area contributed by atoms with Gasteiger partial charge in [0.25, 0.3) is 0 Å². The number of rotatable bonds is 4. The number of carbonyl (C=O) groups excluding carboxylic acids is 1. The molecule has 1 heterocycles. The molecular formula is C19H16N2O2. The third-order valence-corrected chi connectivity index (χ3v) is 3.61. The summed E-state index contributed by atoms with van der Waals surface area (Å²) in [5, 5.41) is 3.77. The first-order chi connectivity index (χ1) is 11.2. The summed E-state index contributed by atoms with van der Waals surface area (Å²) in [6.07, 6.45) is 3.00. The fourth-order valence-corrected chi connectivity index (χ4v) is 2.52. The van der Waals surface area contributed by atoms with E-state index in [0.29, 0.717) is 5.69 Å². The molecule has 0 bridgehead atoms. The van der Waals surface area contributed by atoms with Gasteiger partial charge in [0.15, 0.2) is 0 Å². The molecule has 3 rings (SSSR count). The van der Waals surface area contributed by atoms with Crippen LogP contribution in [-0.4, -0.2) is 18.0 Å². The highest BCUT2D eigenvalue weighted by molar-refractivity contribution is 6.09. The summed E-state index contributed by atoms with van der Waals surface area (Å²) in [6, 6.07) is 15.3. The Morgan fingerprint density at radius 2 is 1.87 bits per heavy atom. The molecule has 2 aromatic carbocycles. The molecule has 0 atom stereocenters. The number of pyridine rings is 1. The number of para-hydroxylation sites is 2. The van der Waals surface area contributed by atoms with Gasteiger partial charge >= 0.3 is 0 Å². The van der Waals surface area contributed by atoms with Crippen molar-refractivity contribution in [3.63, 3.8) is 0 Å². The molecule has 0 radical (unpaired) electrons. The number of aromatic nitrogens is 1. The Morgan fingerprint density at radius 1 is 1.13 bits per heavy atom. The van der Waals surface area contributed by atoms with Crippen LogP contribution in [0.1, 0.15) is 0 Å². The molecule has 1 N–H and O–H groups in total. The van der Waals surface area contributed by atoms with Crippen LogP contribution >= 0.6 is 0 Å². The summed E-state index contributed by atoms with van der Waals surface area (Å²) < 4.78 is 5.44. The topological polar surface area (TPSA) is 51.2 Å².